The van der Waals surface area contributed by atoms with E-state index in [4.69, 9.17) is 21.4 Å². The first-order valence-electron chi connectivity index (χ1n) is 10.8. The number of rotatable bonds is 10. The molecule has 0 bridgehead atoms. The molecule has 7 nitrogen and oxygen atoms in total. The van der Waals surface area contributed by atoms with Gasteiger partial charge < -0.3 is 19.8 Å². The highest BCUT2D eigenvalue weighted by Gasteiger charge is 2.14. The normalized spacial score (nSPS) is 10.3. The number of amides is 2. The maximum Gasteiger partial charge on any atom is 0.261 e. The molecule has 0 radical (unpaired) electrons. The first-order chi connectivity index (χ1) is 16.1. The van der Waals surface area contributed by atoms with Crippen molar-refractivity contribution in [2.45, 2.75) is 32.7 Å². The highest BCUT2D eigenvalue weighted by Crippen LogP contribution is 2.18. The van der Waals surface area contributed by atoms with E-state index in [1.807, 2.05) is 6.07 Å². The van der Waals surface area contributed by atoms with Gasteiger partial charge in [0.2, 0.25) is 0 Å². The first kappa shape index (κ1) is 24.0. The fraction of sp³-hybridized carbons (Fsp3) is 0.240. The minimum Gasteiger partial charge on any atom is -0.493 e. The fourth-order valence-corrected chi connectivity index (χ4v) is 3.25. The van der Waals surface area contributed by atoms with E-state index in [1.165, 1.54) is 0 Å². The Kier molecular flexibility index (Phi) is 9.02. The summed E-state index contributed by atoms with van der Waals surface area (Å²) in [6.07, 6.45) is 4.67. The molecule has 0 unspecified atom stereocenters. The number of ether oxygens (including phenoxy) is 1. The van der Waals surface area contributed by atoms with Crippen molar-refractivity contribution in [3.63, 3.8) is 0 Å². The van der Waals surface area contributed by atoms with Crippen LogP contribution in [-0.4, -0.2) is 23.5 Å². The second-order valence-corrected chi connectivity index (χ2v) is 7.71. The van der Waals surface area contributed by atoms with E-state index < -0.39 is 0 Å². The highest BCUT2D eigenvalue weighted by atomic mass is 32.1. The summed E-state index contributed by atoms with van der Waals surface area (Å²) in [5.41, 5.74) is 1.56. The zero-order valence-electron chi connectivity index (χ0n) is 18.4. The number of carbonyl (C=O) groups excluding carboxylic acids is 2. The third-order valence-electron chi connectivity index (χ3n) is 4.77. The van der Waals surface area contributed by atoms with Crippen LogP contribution in [0, 0.1) is 0 Å². The van der Waals surface area contributed by atoms with Gasteiger partial charge in [0.05, 0.1) is 25.0 Å². The second-order valence-electron chi connectivity index (χ2n) is 7.30. The Hall–Kier alpha value is -3.65. The van der Waals surface area contributed by atoms with Gasteiger partial charge in [-0.3, -0.25) is 14.9 Å². The van der Waals surface area contributed by atoms with E-state index in [9.17, 15) is 9.59 Å². The molecule has 2 amide bonds. The molecule has 2 aromatic carbocycles. The van der Waals surface area contributed by atoms with Crippen LogP contribution in [0.25, 0.3) is 0 Å². The molecular formula is C25H27N3O4S. The molecule has 3 rings (SSSR count). The largest absolute Gasteiger partial charge is 0.493 e. The standard InChI is InChI=1S/C25H27N3O4S/c1-2-3-6-15-32-22-10-5-4-9-21(22)24(30)28-25(33)27-19-13-11-18(12-14-19)23(29)26-17-20-8-7-16-31-20/h4-5,7-14,16H,2-3,6,15,17H2,1H3,(H,26,29)(H2,27,28,30,33). The van der Waals surface area contributed by atoms with Crippen LogP contribution in [0.1, 0.15) is 52.7 Å². The summed E-state index contributed by atoms with van der Waals surface area (Å²) in [5.74, 6) is 0.631. The van der Waals surface area contributed by atoms with Crippen molar-refractivity contribution in [3.8, 4) is 5.75 Å². The van der Waals surface area contributed by atoms with Crippen molar-refractivity contribution in [3.05, 3.63) is 83.8 Å². The molecule has 172 valence electrons. The van der Waals surface area contributed by atoms with Crippen molar-refractivity contribution in [1.82, 2.24) is 10.6 Å². The van der Waals surface area contributed by atoms with Crippen molar-refractivity contribution in [2.24, 2.45) is 0 Å². The van der Waals surface area contributed by atoms with Gasteiger partial charge in [-0.15, -0.1) is 0 Å². The highest BCUT2D eigenvalue weighted by molar-refractivity contribution is 7.80. The zero-order chi connectivity index (χ0) is 23.5. The van der Waals surface area contributed by atoms with Crippen LogP contribution in [0.15, 0.2) is 71.3 Å². The number of para-hydroxylation sites is 1. The molecular weight excluding hydrogens is 438 g/mol. The second kappa shape index (κ2) is 12.4. The maximum absolute atomic E-state index is 12.7. The fourth-order valence-electron chi connectivity index (χ4n) is 3.03. The Balaban J connectivity index is 1.51. The molecule has 0 saturated heterocycles. The summed E-state index contributed by atoms with van der Waals surface area (Å²) >= 11 is 5.28. The molecule has 0 atom stereocenters. The van der Waals surface area contributed by atoms with E-state index in [0.717, 1.165) is 19.3 Å². The van der Waals surface area contributed by atoms with Gasteiger partial charge in [-0.2, -0.15) is 0 Å². The van der Waals surface area contributed by atoms with Crippen molar-refractivity contribution in [2.75, 3.05) is 11.9 Å². The third kappa shape index (κ3) is 7.47. The van der Waals surface area contributed by atoms with E-state index in [1.54, 1.807) is 60.9 Å². The first-order valence-corrected chi connectivity index (χ1v) is 11.2. The molecule has 1 heterocycles. The third-order valence-corrected chi connectivity index (χ3v) is 4.98. The maximum atomic E-state index is 12.7. The molecule has 1 aromatic heterocycles. The number of nitrogens with one attached hydrogen (secondary N) is 3. The Labute approximate surface area is 198 Å². The summed E-state index contributed by atoms with van der Waals surface area (Å²) in [5, 5.41) is 8.56. The Bertz CT molecular complexity index is 1070. The van der Waals surface area contributed by atoms with Gasteiger partial charge in [0.25, 0.3) is 11.8 Å². The summed E-state index contributed by atoms with van der Waals surface area (Å²) < 4.78 is 11.0. The van der Waals surface area contributed by atoms with Crippen LogP contribution in [0.4, 0.5) is 5.69 Å². The van der Waals surface area contributed by atoms with Gasteiger partial charge in [-0.1, -0.05) is 31.9 Å². The smallest absolute Gasteiger partial charge is 0.261 e. The van der Waals surface area contributed by atoms with Gasteiger partial charge >= 0.3 is 0 Å². The van der Waals surface area contributed by atoms with Gasteiger partial charge in [-0.25, -0.2) is 0 Å². The lowest BCUT2D eigenvalue weighted by molar-refractivity contribution is 0.0945. The number of hydrogen-bond donors (Lipinski definition) is 3. The topological polar surface area (TPSA) is 92.6 Å². The molecule has 0 aliphatic rings. The van der Waals surface area contributed by atoms with E-state index in [0.29, 0.717) is 41.5 Å². The van der Waals surface area contributed by atoms with Crippen LogP contribution in [-0.2, 0) is 6.54 Å². The number of thiocarbonyl (C=S) groups is 1. The van der Waals surface area contributed by atoms with Crippen molar-refractivity contribution < 1.29 is 18.7 Å². The SMILES string of the molecule is CCCCCOc1ccccc1C(=O)NC(=S)Nc1ccc(C(=O)NCc2ccco2)cc1. The van der Waals surface area contributed by atoms with E-state index >= 15 is 0 Å². The summed E-state index contributed by atoms with van der Waals surface area (Å²) in [4.78, 5) is 24.9. The average molecular weight is 466 g/mol. The Morgan fingerprint density at radius 3 is 2.48 bits per heavy atom. The molecule has 3 aromatic rings. The molecule has 0 aliphatic carbocycles. The van der Waals surface area contributed by atoms with Crippen LogP contribution in [0.3, 0.4) is 0 Å². The summed E-state index contributed by atoms with van der Waals surface area (Å²) in [6.45, 7) is 2.99. The molecule has 3 N–H and O–H groups in total. The number of hydrogen-bond acceptors (Lipinski definition) is 5. The Morgan fingerprint density at radius 1 is 0.970 bits per heavy atom. The predicted molar refractivity (Wildman–Crippen MR) is 131 cm³/mol. The lowest BCUT2D eigenvalue weighted by Gasteiger charge is -2.13. The number of furan rings is 1. The lowest BCUT2D eigenvalue weighted by atomic mass is 10.2. The van der Waals surface area contributed by atoms with Crippen LogP contribution in [0.5, 0.6) is 5.75 Å². The number of benzene rings is 2. The van der Waals surface area contributed by atoms with Gasteiger partial charge in [0.15, 0.2) is 5.11 Å². The molecule has 33 heavy (non-hydrogen) atoms. The Morgan fingerprint density at radius 2 is 1.76 bits per heavy atom. The minimum absolute atomic E-state index is 0.149. The van der Waals surface area contributed by atoms with Crippen LogP contribution in [0.2, 0.25) is 0 Å². The van der Waals surface area contributed by atoms with Crippen LogP contribution < -0.4 is 20.7 Å². The molecule has 0 saturated carbocycles. The zero-order valence-corrected chi connectivity index (χ0v) is 19.2. The van der Waals surface area contributed by atoms with E-state index in [2.05, 4.69) is 22.9 Å². The molecule has 0 aliphatic heterocycles. The monoisotopic (exact) mass is 465 g/mol. The minimum atomic E-state index is -0.354. The number of carbonyl (C=O) groups is 2. The number of unbranched alkanes of at least 4 members (excludes halogenated alkanes) is 2. The van der Waals surface area contributed by atoms with Gasteiger partial charge in [0.1, 0.15) is 11.5 Å². The van der Waals surface area contributed by atoms with Crippen molar-refractivity contribution >= 4 is 34.8 Å². The average Bonchev–Trinajstić information content (AvgIpc) is 3.35. The quantitative estimate of drug-likeness (QED) is 0.291. The summed E-state index contributed by atoms with van der Waals surface area (Å²) in [7, 11) is 0. The molecule has 8 heteroatoms. The van der Waals surface area contributed by atoms with Gasteiger partial charge in [-0.05, 0) is 67.2 Å². The predicted octanol–water partition coefficient (Wildman–Crippen LogP) is 4.91. The summed E-state index contributed by atoms with van der Waals surface area (Å²) in [6, 6.07) is 17.4. The van der Waals surface area contributed by atoms with Crippen molar-refractivity contribution in [1.29, 1.82) is 0 Å². The molecule has 0 fully saturated rings. The van der Waals surface area contributed by atoms with E-state index in [-0.39, 0.29) is 16.9 Å². The number of anilines is 1. The molecule has 0 spiro atoms. The van der Waals surface area contributed by atoms with Gasteiger partial charge in [0, 0.05) is 11.3 Å². The lowest BCUT2D eigenvalue weighted by Crippen LogP contribution is -2.34. The van der Waals surface area contributed by atoms with Crippen LogP contribution >= 0.6 is 12.2 Å².